The van der Waals surface area contributed by atoms with E-state index in [4.69, 9.17) is 4.84 Å². The number of aliphatic hydroxyl groups is 1. The number of aromatic nitrogens is 1. The van der Waals surface area contributed by atoms with Crippen molar-refractivity contribution in [2.75, 3.05) is 11.9 Å². The average Bonchev–Trinajstić information content (AvgIpc) is 2.61. The van der Waals surface area contributed by atoms with E-state index < -0.39 is 17.3 Å². The molecule has 0 aliphatic heterocycles. The predicted octanol–water partition coefficient (Wildman–Crippen LogP) is 2.77. The zero-order chi connectivity index (χ0) is 20.4. The topological polar surface area (TPSA) is 92.6 Å². The summed E-state index contributed by atoms with van der Waals surface area (Å²) in [5.41, 5.74) is 1.55. The second kappa shape index (κ2) is 8.20. The Balaban J connectivity index is 2.45. The molecule has 0 saturated carbocycles. The lowest BCUT2D eigenvalue weighted by Crippen LogP contribution is -2.39. The van der Waals surface area contributed by atoms with Crippen molar-refractivity contribution in [2.45, 2.75) is 26.4 Å². The number of nitrogens with one attached hydrogen (secondary N) is 2. The zero-order valence-corrected chi connectivity index (χ0v) is 17.0. The van der Waals surface area contributed by atoms with E-state index >= 15 is 0 Å². The second-order valence-electron chi connectivity index (χ2n) is 6.66. The summed E-state index contributed by atoms with van der Waals surface area (Å²) in [6.45, 7) is 4.41. The van der Waals surface area contributed by atoms with Crippen LogP contribution in [0.1, 0.15) is 29.8 Å². The van der Waals surface area contributed by atoms with Crippen LogP contribution in [0.5, 0.6) is 0 Å². The maximum Gasteiger partial charge on any atom is 0.278 e. The Morgan fingerprint density at radius 1 is 1.41 bits per heavy atom. The third-order valence-electron chi connectivity index (χ3n) is 3.84. The van der Waals surface area contributed by atoms with Gasteiger partial charge < -0.3 is 15.0 Å². The fraction of sp³-hybridized carbons (Fsp3) is 0.333. The van der Waals surface area contributed by atoms with Crippen LogP contribution in [0.2, 0.25) is 0 Å². The standard InChI is InChI=1S/C18H21BrFN3O4/c1-10-15(21-14-6-5-11(19)7-13(14)20)12(8-23(4)17(10)26)16(25)22-27-18(2,3)9-24/h5-8,21,24H,9H2,1-4H3,(H,22,25). The number of hydrogen-bond acceptors (Lipinski definition) is 5. The molecule has 0 aliphatic rings. The molecule has 27 heavy (non-hydrogen) atoms. The van der Waals surface area contributed by atoms with Crippen LogP contribution in [0.25, 0.3) is 0 Å². The van der Waals surface area contributed by atoms with Crippen LogP contribution in [0.3, 0.4) is 0 Å². The van der Waals surface area contributed by atoms with Crippen molar-refractivity contribution >= 4 is 33.2 Å². The fourth-order valence-corrected chi connectivity index (χ4v) is 2.55. The van der Waals surface area contributed by atoms with Gasteiger partial charge in [-0.2, -0.15) is 0 Å². The first kappa shape index (κ1) is 21.1. The van der Waals surface area contributed by atoms with Gasteiger partial charge in [0.05, 0.1) is 23.5 Å². The monoisotopic (exact) mass is 441 g/mol. The van der Waals surface area contributed by atoms with Gasteiger partial charge in [0.1, 0.15) is 11.4 Å². The number of amides is 1. The molecule has 0 bridgehead atoms. The van der Waals surface area contributed by atoms with Gasteiger partial charge in [0, 0.05) is 23.3 Å². The lowest BCUT2D eigenvalue weighted by Gasteiger charge is -2.22. The number of aryl methyl sites for hydroxylation is 1. The van der Waals surface area contributed by atoms with Gasteiger partial charge in [-0.15, -0.1) is 0 Å². The Kier molecular flexibility index (Phi) is 6.40. The summed E-state index contributed by atoms with van der Waals surface area (Å²) < 4.78 is 16.0. The third-order valence-corrected chi connectivity index (χ3v) is 4.34. The molecule has 0 radical (unpaired) electrons. The third kappa shape index (κ3) is 4.94. The van der Waals surface area contributed by atoms with E-state index in [-0.39, 0.29) is 34.7 Å². The number of aliphatic hydroxyl groups excluding tert-OH is 1. The van der Waals surface area contributed by atoms with E-state index in [1.807, 2.05) is 0 Å². The second-order valence-corrected chi connectivity index (χ2v) is 7.57. The van der Waals surface area contributed by atoms with E-state index in [1.54, 1.807) is 19.9 Å². The maximum atomic E-state index is 14.2. The van der Waals surface area contributed by atoms with Crippen molar-refractivity contribution in [3.63, 3.8) is 0 Å². The Labute approximate surface area is 164 Å². The van der Waals surface area contributed by atoms with Crippen molar-refractivity contribution in [1.82, 2.24) is 10.0 Å². The summed E-state index contributed by atoms with van der Waals surface area (Å²) in [7, 11) is 1.51. The highest BCUT2D eigenvalue weighted by molar-refractivity contribution is 9.10. The van der Waals surface area contributed by atoms with Crippen LogP contribution in [-0.2, 0) is 11.9 Å². The molecule has 7 nitrogen and oxygen atoms in total. The summed E-state index contributed by atoms with van der Waals surface area (Å²) in [4.78, 5) is 30.1. The summed E-state index contributed by atoms with van der Waals surface area (Å²) in [6, 6.07) is 4.39. The van der Waals surface area contributed by atoms with Crippen molar-refractivity contribution in [1.29, 1.82) is 0 Å². The molecule has 1 aromatic heterocycles. The molecule has 1 amide bonds. The SMILES string of the molecule is Cc1c(Nc2ccc(Br)cc2F)c(C(=O)NOC(C)(C)CO)cn(C)c1=O. The molecule has 3 N–H and O–H groups in total. The lowest BCUT2D eigenvalue weighted by molar-refractivity contribution is -0.0956. The van der Waals surface area contributed by atoms with E-state index in [1.165, 1.54) is 36.9 Å². The molecule has 2 rings (SSSR count). The molecule has 0 unspecified atom stereocenters. The highest BCUT2D eigenvalue weighted by atomic mass is 79.9. The van der Waals surface area contributed by atoms with E-state index in [2.05, 4.69) is 26.7 Å². The quantitative estimate of drug-likeness (QED) is 0.599. The molecule has 1 heterocycles. The molecule has 0 fully saturated rings. The van der Waals surface area contributed by atoms with Gasteiger partial charge in [-0.25, -0.2) is 9.87 Å². The number of hydrogen-bond donors (Lipinski definition) is 3. The van der Waals surface area contributed by atoms with Gasteiger partial charge in [0.25, 0.3) is 11.5 Å². The first-order valence-electron chi connectivity index (χ1n) is 8.07. The van der Waals surface area contributed by atoms with Crippen LogP contribution in [-0.4, -0.2) is 27.8 Å². The van der Waals surface area contributed by atoms with Crippen molar-refractivity contribution in [3.8, 4) is 0 Å². The molecule has 146 valence electrons. The summed E-state index contributed by atoms with van der Waals surface area (Å²) in [6.07, 6.45) is 1.33. The van der Waals surface area contributed by atoms with Gasteiger partial charge >= 0.3 is 0 Å². The van der Waals surface area contributed by atoms with Gasteiger partial charge in [0.2, 0.25) is 0 Å². The molecule has 9 heteroatoms. The number of hydroxylamine groups is 1. The van der Waals surface area contributed by atoms with Crippen LogP contribution in [0.4, 0.5) is 15.8 Å². The van der Waals surface area contributed by atoms with E-state index in [0.29, 0.717) is 4.47 Å². The minimum atomic E-state index is -0.989. The summed E-state index contributed by atoms with van der Waals surface area (Å²) in [5, 5.41) is 12.0. The number of nitrogens with zero attached hydrogens (tertiary/aromatic N) is 1. The van der Waals surface area contributed by atoms with Crippen LogP contribution < -0.4 is 16.4 Å². The number of benzene rings is 1. The number of pyridine rings is 1. The molecule has 0 spiro atoms. The Morgan fingerprint density at radius 2 is 2.07 bits per heavy atom. The minimum Gasteiger partial charge on any atom is -0.393 e. The van der Waals surface area contributed by atoms with Gasteiger partial charge in [0.15, 0.2) is 0 Å². The normalized spacial score (nSPS) is 11.4. The Morgan fingerprint density at radius 3 is 2.67 bits per heavy atom. The minimum absolute atomic E-state index is 0.0886. The van der Waals surface area contributed by atoms with E-state index in [0.717, 1.165) is 0 Å². The largest absolute Gasteiger partial charge is 0.393 e. The van der Waals surface area contributed by atoms with Crippen LogP contribution in [0, 0.1) is 12.7 Å². The van der Waals surface area contributed by atoms with Gasteiger partial charge in [-0.3, -0.25) is 14.4 Å². The number of carbonyl (C=O) groups is 1. The smallest absolute Gasteiger partial charge is 0.278 e. The van der Waals surface area contributed by atoms with Gasteiger partial charge in [-0.05, 0) is 39.0 Å². The Hall–Kier alpha value is -2.23. The number of carbonyl (C=O) groups excluding carboxylic acids is 1. The molecular weight excluding hydrogens is 421 g/mol. The average molecular weight is 442 g/mol. The molecule has 1 aromatic carbocycles. The van der Waals surface area contributed by atoms with Crippen LogP contribution >= 0.6 is 15.9 Å². The van der Waals surface area contributed by atoms with Crippen molar-refractivity contribution < 1.29 is 19.1 Å². The molecule has 0 aliphatic carbocycles. The van der Waals surface area contributed by atoms with Crippen molar-refractivity contribution in [2.24, 2.45) is 7.05 Å². The highest BCUT2D eigenvalue weighted by Gasteiger charge is 2.23. The maximum absolute atomic E-state index is 14.2. The van der Waals surface area contributed by atoms with Crippen LogP contribution in [0.15, 0.2) is 33.7 Å². The highest BCUT2D eigenvalue weighted by Crippen LogP contribution is 2.27. The molecule has 0 saturated heterocycles. The molecule has 0 atom stereocenters. The fourth-order valence-electron chi connectivity index (χ4n) is 2.22. The number of halogens is 2. The number of anilines is 2. The lowest BCUT2D eigenvalue weighted by atomic mass is 10.1. The summed E-state index contributed by atoms with van der Waals surface area (Å²) in [5.74, 6) is -1.19. The Bertz CT molecular complexity index is 928. The van der Waals surface area contributed by atoms with Gasteiger partial charge in [-0.1, -0.05) is 15.9 Å². The first-order valence-corrected chi connectivity index (χ1v) is 8.86. The van der Waals surface area contributed by atoms with Crippen molar-refractivity contribution in [3.05, 3.63) is 56.2 Å². The molecular formula is C18H21BrFN3O4. The molecule has 2 aromatic rings. The first-order chi connectivity index (χ1) is 12.6. The summed E-state index contributed by atoms with van der Waals surface area (Å²) >= 11 is 3.18. The number of rotatable bonds is 6. The zero-order valence-electron chi connectivity index (χ0n) is 15.4. The predicted molar refractivity (Wildman–Crippen MR) is 104 cm³/mol. The van der Waals surface area contributed by atoms with E-state index in [9.17, 15) is 19.1 Å².